The standard InChI is InChI=1S/C18H20N6O2/c1-9(2)24-11-5-7-20-18(19)13(11)14(21-24)15-16(23-8-6-12(23)25)17(26-22-15)10-3-4-10/h5,7,9-10H,3-4,6,8H2,1-2H3,(H2,19,20). The maximum atomic E-state index is 12.1. The zero-order valence-corrected chi connectivity index (χ0v) is 14.8. The van der Waals surface area contributed by atoms with Gasteiger partial charge in [0.15, 0.2) is 11.5 Å². The van der Waals surface area contributed by atoms with Crippen molar-refractivity contribution in [1.82, 2.24) is 19.9 Å². The number of rotatable bonds is 4. The van der Waals surface area contributed by atoms with E-state index in [1.54, 1.807) is 11.1 Å². The maximum Gasteiger partial charge on any atom is 0.228 e. The molecule has 0 bridgehead atoms. The fourth-order valence-electron chi connectivity index (χ4n) is 3.55. The number of nitrogens with zero attached hydrogens (tertiary/aromatic N) is 5. The highest BCUT2D eigenvalue weighted by atomic mass is 16.5. The Kier molecular flexibility index (Phi) is 3.13. The Hall–Kier alpha value is -2.90. The molecule has 1 saturated heterocycles. The van der Waals surface area contributed by atoms with Crippen LogP contribution in [0.2, 0.25) is 0 Å². The molecule has 2 N–H and O–H groups in total. The number of aromatic nitrogens is 4. The van der Waals surface area contributed by atoms with Gasteiger partial charge in [-0.05, 0) is 32.8 Å². The molecule has 2 aliphatic rings. The topological polar surface area (TPSA) is 103 Å². The van der Waals surface area contributed by atoms with E-state index < -0.39 is 0 Å². The molecular weight excluding hydrogens is 332 g/mol. The highest BCUT2D eigenvalue weighted by molar-refractivity contribution is 6.07. The molecule has 0 radical (unpaired) electrons. The van der Waals surface area contributed by atoms with E-state index in [4.69, 9.17) is 15.4 Å². The lowest BCUT2D eigenvalue weighted by atomic mass is 10.1. The summed E-state index contributed by atoms with van der Waals surface area (Å²) in [7, 11) is 0. The first kappa shape index (κ1) is 15.4. The van der Waals surface area contributed by atoms with Gasteiger partial charge in [0.05, 0.1) is 10.9 Å². The van der Waals surface area contributed by atoms with E-state index in [0.29, 0.717) is 36.1 Å². The van der Waals surface area contributed by atoms with Gasteiger partial charge in [0.2, 0.25) is 5.91 Å². The Labute approximate surface area is 149 Å². The van der Waals surface area contributed by atoms with E-state index in [0.717, 1.165) is 35.2 Å². The molecule has 0 unspecified atom stereocenters. The van der Waals surface area contributed by atoms with Crippen LogP contribution in [0, 0.1) is 0 Å². The van der Waals surface area contributed by atoms with Crippen molar-refractivity contribution in [2.75, 3.05) is 17.2 Å². The Balaban J connectivity index is 1.78. The number of nitrogens with two attached hydrogens (primary N) is 1. The van der Waals surface area contributed by atoms with Gasteiger partial charge < -0.3 is 15.2 Å². The number of amides is 1. The van der Waals surface area contributed by atoms with Gasteiger partial charge in [-0.25, -0.2) is 4.98 Å². The van der Waals surface area contributed by atoms with Crippen LogP contribution in [-0.2, 0) is 4.79 Å². The molecule has 3 aromatic rings. The first-order valence-corrected chi connectivity index (χ1v) is 8.99. The van der Waals surface area contributed by atoms with Gasteiger partial charge in [-0.1, -0.05) is 5.16 Å². The molecule has 0 spiro atoms. The highest BCUT2D eigenvalue weighted by Gasteiger charge is 2.40. The Bertz CT molecular complexity index is 1030. The van der Waals surface area contributed by atoms with Crippen molar-refractivity contribution in [3.8, 4) is 11.4 Å². The third-order valence-corrected chi connectivity index (χ3v) is 5.12. The second-order valence-corrected chi connectivity index (χ2v) is 7.29. The highest BCUT2D eigenvalue weighted by Crippen LogP contribution is 2.49. The molecule has 2 fully saturated rings. The van der Waals surface area contributed by atoms with Crippen molar-refractivity contribution in [2.24, 2.45) is 0 Å². The van der Waals surface area contributed by atoms with E-state index in [9.17, 15) is 4.79 Å². The maximum absolute atomic E-state index is 12.1. The number of nitrogen functional groups attached to an aromatic ring is 1. The number of pyridine rings is 1. The summed E-state index contributed by atoms with van der Waals surface area (Å²) in [5.41, 5.74) is 9.07. The molecule has 1 aliphatic heterocycles. The molecule has 3 aromatic heterocycles. The zero-order valence-electron chi connectivity index (χ0n) is 14.8. The van der Waals surface area contributed by atoms with E-state index in [-0.39, 0.29) is 11.9 Å². The predicted octanol–water partition coefficient (Wildman–Crippen LogP) is 2.86. The van der Waals surface area contributed by atoms with Gasteiger partial charge in [0, 0.05) is 31.1 Å². The van der Waals surface area contributed by atoms with Crippen LogP contribution in [-0.4, -0.2) is 32.4 Å². The van der Waals surface area contributed by atoms with Crippen molar-refractivity contribution in [2.45, 2.75) is 45.1 Å². The third kappa shape index (κ3) is 2.07. The van der Waals surface area contributed by atoms with E-state index in [2.05, 4.69) is 24.0 Å². The number of fused-ring (bicyclic) bond motifs is 1. The van der Waals surface area contributed by atoms with E-state index in [1.807, 2.05) is 10.7 Å². The second kappa shape index (κ2) is 5.30. The van der Waals surface area contributed by atoms with Gasteiger partial charge in [-0.2, -0.15) is 5.10 Å². The Morgan fingerprint density at radius 1 is 1.31 bits per heavy atom. The summed E-state index contributed by atoms with van der Waals surface area (Å²) in [6, 6.07) is 2.05. The number of carbonyl (C=O) groups is 1. The fraction of sp³-hybridized carbons (Fsp3) is 0.444. The summed E-state index contributed by atoms with van der Waals surface area (Å²) in [5, 5.41) is 9.85. The molecule has 1 aliphatic carbocycles. The lowest BCUT2D eigenvalue weighted by molar-refractivity contribution is -0.122. The first-order chi connectivity index (χ1) is 12.6. The van der Waals surface area contributed by atoms with Crippen LogP contribution in [0.5, 0.6) is 0 Å². The van der Waals surface area contributed by atoms with Gasteiger partial charge in [-0.3, -0.25) is 9.48 Å². The lowest BCUT2D eigenvalue weighted by Crippen LogP contribution is -2.44. The van der Waals surface area contributed by atoms with Crippen LogP contribution in [0.15, 0.2) is 16.8 Å². The van der Waals surface area contributed by atoms with Gasteiger partial charge in [0.25, 0.3) is 0 Å². The minimum Gasteiger partial charge on any atom is -0.383 e. The van der Waals surface area contributed by atoms with Crippen molar-refractivity contribution in [3.63, 3.8) is 0 Å². The van der Waals surface area contributed by atoms with Crippen LogP contribution in [0.25, 0.3) is 22.3 Å². The normalized spacial score (nSPS) is 17.3. The summed E-state index contributed by atoms with van der Waals surface area (Å²) in [6.07, 6.45) is 4.36. The SMILES string of the molecule is CC(C)n1nc(-c2noc(C3CC3)c2N2CCC2=O)c2c(N)nccc21. The van der Waals surface area contributed by atoms with Gasteiger partial charge in [-0.15, -0.1) is 0 Å². The van der Waals surface area contributed by atoms with Crippen LogP contribution in [0.1, 0.15) is 50.8 Å². The minimum atomic E-state index is 0.0926. The number of hydrogen-bond donors (Lipinski definition) is 1. The van der Waals surface area contributed by atoms with Crippen molar-refractivity contribution < 1.29 is 9.32 Å². The predicted molar refractivity (Wildman–Crippen MR) is 96.8 cm³/mol. The van der Waals surface area contributed by atoms with Gasteiger partial charge >= 0.3 is 0 Å². The van der Waals surface area contributed by atoms with Crippen LogP contribution < -0.4 is 10.6 Å². The van der Waals surface area contributed by atoms with Crippen LogP contribution in [0.4, 0.5) is 11.5 Å². The summed E-state index contributed by atoms with van der Waals surface area (Å²) in [6.45, 7) is 4.81. The van der Waals surface area contributed by atoms with Gasteiger partial charge in [0.1, 0.15) is 17.2 Å². The molecule has 8 nitrogen and oxygen atoms in total. The largest absolute Gasteiger partial charge is 0.383 e. The second-order valence-electron chi connectivity index (χ2n) is 7.29. The average Bonchev–Trinajstić information content (AvgIpc) is 3.24. The minimum absolute atomic E-state index is 0.0926. The van der Waals surface area contributed by atoms with Crippen molar-refractivity contribution in [3.05, 3.63) is 18.0 Å². The summed E-state index contributed by atoms with van der Waals surface area (Å²) in [5.74, 6) is 1.63. The first-order valence-electron chi connectivity index (χ1n) is 8.99. The quantitative estimate of drug-likeness (QED) is 0.724. The summed E-state index contributed by atoms with van der Waals surface area (Å²) in [4.78, 5) is 18.1. The monoisotopic (exact) mass is 352 g/mol. The van der Waals surface area contributed by atoms with E-state index >= 15 is 0 Å². The average molecular weight is 352 g/mol. The molecule has 0 aromatic carbocycles. The molecule has 5 rings (SSSR count). The summed E-state index contributed by atoms with van der Waals surface area (Å²) >= 11 is 0. The molecule has 4 heterocycles. The van der Waals surface area contributed by atoms with Crippen molar-refractivity contribution in [1.29, 1.82) is 0 Å². The number of hydrogen-bond acceptors (Lipinski definition) is 6. The smallest absolute Gasteiger partial charge is 0.228 e. The molecule has 1 amide bonds. The molecule has 0 atom stereocenters. The number of anilines is 2. The number of carbonyl (C=O) groups excluding carboxylic acids is 1. The molecule has 8 heteroatoms. The van der Waals surface area contributed by atoms with Crippen LogP contribution in [0.3, 0.4) is 0 Å². The third-order valence-electron chi connectivity index (χ3n) is 5.12. The lowest BCUT2D eigenvalue weighted by Gasteiger charge is -2.30. The molecule has 26 heavy (non-hydrogen) atoms. The number of β-lactam (4-membered cyclic amide) rings is 1. The fourth-order valence-corrected chi connectivity index (χ4v) is 3.55. The molecular formula is C18H20N6O2. The van der Waals surface area contributed by atoms with Crippen molar-refractivity contribution >= 4 is 28.3 Å². The van der Waals surface area contributed by atoms with Crippen LogP contribution >= 0.6 is 0 Å². The van der Waals surface area contributed by atoms with E-state index in [1.165, 1.54) is 0 Å². The zero-order chi connectivity index (χ0) is 18.0. The summed E-state index contributed by atoms with van der Waals surface area (Å²) < 4.78 is 7.60. The molecule has 1 saturated carbocycles. The Morgan fingerprint density at radius 3 is 2.73 bits per heavy atom. The molecule has 134 valence electrons. The Morgan fingerprint density at radius 2 is 2.12 bits per heavy atom.